The first kappa shape index (κ1) is 27.3. The molecule has 35 heavy (non-hydrogen) atoms. The van der Waals surface area contributed by atoms with Crippen molar-refractivity contribution >= 4 is 24.4 Å². The van der Waals surface area contributed by atoms with Gasteiger partial charge in [-0.15, -0.1) is 10.1 Å². The number of urea groups is 1. The van der Waals surface area contributed by atoms with Crippen LogP contribution in [0.15, 0.2) is 63.8 Å². The third-order valence-corrected chi connectivity index (χ3v) is 4.60. The molecule has 0 saturated heterocycles. The molecule has 7 nitrogen and oxygen atoms in total. The Morgan fingerprint density at radius 2 is 1.26 bits per heavy atom. The normalized spacial score (nSPS) is 13.0. The van der Waals surface area contributed by atoms with Crippen LogP contribution in [0, 0.1) is 0 Å². The second-order valence-electron chi connectivity index (χ2n) is 6.95. The van der Waals surface area contributed by atoms with E-state index in [-0.39, 0.29) is 5.56 Å². The monoisotopic (exact) mass is 500 g/mol. The van der Waals surface area contributed by atoms with Crippen molar-refractivity contribution in [1.82, 2.24) is 9.91 Å². The fourth-order valence-electron chi connectivity index (χ4n) is 2.67. The molecule has 0 heterocycles. The predicted octanol–water partition coefficient (Wildman–Crippen LogP) is 5.17. The van der Waals surface area contributed by atoms with Crippen LogP contribution < -0.4 is 5.73 Å². The van der Waals surface area contributed by atoms with Crippen molar-refractivity contribution in [2.75, 3.05) is 13.1 Å². The first-order chi connectivity index (χ1) is 16.4. The van der Waals surface area contributed by atoms with Gasteiger partial charge >= 0.3 is 18.4 Å². The van der Waals surface area contributed by atoms with Crippen molar-refractivity contribution in [3.63, 3.8) is 0 Å². The molecule has 0 radical (unpaired) electrons. The highest BCUT2D eigenvalue weighted by atomic mass is 19.4. The van der Waals surface area contributed by atoms with Crippen LogP contribution in [0.1, 0.15) is 36.1 Å². The Morgan fingerprint density at radius 3 is 1.66 bits per heavy atom. The SMILES string of the molecule is CCN(CC)C(=O)N(N=Cc1ccc(C(F)(F)F)cc1)C(N)=NN=Cc1ccc(C(F)(F)F)cc1. The Kier molecular flexibility index (Phi) is 8.98. The summed E-state index contributed by atoms with van der Waals surface area (Å²) in [6.45, 7) is 4.05. The minimum absolute atomic E-state index is 0.261. The third kappa shape index (κ3) is 7.83. The molecule has 0 aliphatic carbocycles. The van der Waals surface area contributed by atoms with Crippen LogP contribution in [0.5, 0.6) is 0 Å². The van der Waals surface area contributed by atoms with E-state index in [9.17, 15) is 31.1 Å². The number of hydrogen-bond donors (Lipinski definition) is 1. The van der Waals surface area contributed by atoms with E-state index in [1.807, 2.05) is 0 Å². The summed E-state index contributed by atoms with van der Waals surface area (Å²) in [5.41, 5.74) is 4.75. The second-order valence-corrected chi connectivity index (χ2v) is 6.95. The summed E-state index contributed by atoms with van der Waals surface area (Å²) in [7, 11) is 0. The number of nitrogens with zero attached hydrogens (tertiary/aromatic N) is 5. The fourth-order valence-corrected chi connectivity index (χ4v) is 2.67. The van der Waals surface area contributed by atoms with Gasteiger partial charge in [-0.3, -0.25) is 0 Å². The lowest BCUT2D eigenvalue weighted by Crippen LogP contribution is -2.46. The summed E-state index contributed by atoms with van der Waals surface area (Å²) >= 11 is 0. The molecule has 0 fully saturated rings. The lowest BCUT2D eigenvalue weighted by atomic mass is 10.1. The Balaban J connectivity index is 2.27. The molecule has 0 aliphatic rings. The highest BCUT2D eigenvalue weighted by Crippen LogP contribution is 2.29. The minimum Gasteiger partial charge on any atom is -0.366 e. The number of hydrazone groups is 1. The van der Waals surface area contributed by atoms with Crippen LogP contribution in [-0.4, -0.2) is 47.4 Å². The largest absolute Gasteiger partial charge is 0.416 e. The van der Waals surface area contributed by atoms with Gasteiger partial charge < -0.3 is 10.6 Å². The number of hydrogen-bond acceptors (Lipinski definition) is 4. The highest BCUT2D eigenvalue weighted by molar-refractivity contribution is 5.96. The minimum atomic E-state index is -4.50. The summed E-state index contributed by atoms with van der Waals surface area (Å²) < 4.78 is 76.2. The van der Waals surface area contributed by atoms with E-state index in [1.54, 1.807) is 13.8 Å². The van der Waals surface area contributed by atoms with E-state index in [0.717, 1.165) is 41.7 Å². The van der Waals surface area contributed by atoms with E-state index in [1.165, 1.54) is 29.2 Å². The molecular formula is C22H22F6N6O. The maximum atomic E-state index is 12.8. The highest BCUT2D eigenvalue weighted by Gasteiger charge is 2.30. The molecule has 0 unspecified atom stereocenters. The molecule has 2 rings (SSSR count). The lowest BCUT2D eigenvalue weighted by Gasteiger charge is -2.24. The first-order valence-corrected chi connectivity index (χ1v) is 10.2. The maximum Gasteiger partial charge on any atom is 0.416 e. The second kappa shape index (κ2) is 11.5. The summed E-state index contributed by atoms with van der Waals surface area (Å²) in [6, 6.07) is 7.51. The number of nitrogens with two attached hydrogens (primary N) is 1. The average molecular weight is 500 g/mol. The average Bonchev–Trinajstić information content (AvgIpc) is 2.79. The Morgan fingerprint density at radius 1 is 0.829 bits per heavy atom. The molecule has 0 saturated carbocycles. The number of carbonyl (C=O) groups is 1. The maximum absolute atomic E-state index is 12.8. The predicted molar refractivity (Wildman–Crippen MR) is 120 cm³/mol. The van der Waals surface area contributed by atoms with Gasteiger partial charge in [0.25, 0.3) is 0 Å². The van der Waals surface area contributed by atoms with Gasteiger partial charge in [0, 0.05) is 13.1 Å². The zero-order valence-electron chi connectivity index (χ0n) is 18.7. The van der Waals surface area contributed by atoms with Crippen molar-refractivity contribution in [2.45, 2.75) is 26.2 Å². The van der Waals surface area contributed by atoms with Gasteiger partial charge in [0.1, 0.15) is 0 Å². The standard InChI is InChI=1S/C22H22F6N6O/c1-3-33(4-2)20(35)34(31-14-16-7-11-18(12-8-16)22(26,27)28)19(29)32-30-13-15-5-9-17(10-6-15)21(23,24)25/h5-14H,3-4H2,1-2H3,(H2,29,32). The van der Waals surface area contributed by atoms with Gasteiger partial charge in [-0.05, 0) is 49.2 Å². The number of benzene rings is 2. The molecule has 0 atom stereocenters. The van der Waals surface area contributed by atoms with Crippen molar-refractivity contribution in [3.8, 4) is 0 Å². The quantitative estimate of drug-likeness (QED) is 0.257. The van der Waals surface area contributed by atoms with Crippen LogP contribution in [0.2, 0.25) is 0 Å². The summed E-state index contributed by atoms with van der Waals surface area (Å²) in [4.78, 5) is 14.2. The van der Waals surface area contributed by atoms with Crippen LogP contribution in [0.4, 0.5) is 31.1 Å². The van der Waals surface area contributed by atoms with Gasteiger partial charge in [-0.25, -0.2) is 4.79 Å². The van der Waals surface area contributed by atoms with Gasteiger partial charge in [-0.1, -0.05) is 24.3 Å². The van der Waals surface area contributed by atoms with Gasteiger partial charge in [-0.2, -0.15) is 36.5 Å². The molecule has 2 amide bonds. The molecule has 2 N–H and O–H groups in total. The van der Waals surface area contributed by atoms with Crippen molar-refractivity contribution < 1.29 is 31.1 Å². The molecule has 0 bridgehead atoms. The van der Waals surface area contributed by atoms with E-state index in [0.29, 0.717) is 18.7 Å². The van der Waals surface area contributed by atoms with Crippen molar-refractivity contribution in [1.29, 1.82) is 0 Å². The van der Waals surface area contributed by atoms with Crippen LogP contribution >= 0.6 is 0 Å². The number of rotatable bonds is 6. The molecule has 2 aromatic carbocycles. The van der Waals surface area contributed by atoms with Crippen molar-refractivity contribution in [3.05, 3.63) is 70.8 Å². The molecule has 0 aliphatic heterocycles. The third-order valence-electron chi connectivity index (χ3n) is 4.60. The first-order valence-electron chi connectivity index (χ1n) is 10.2. The fraction of sp³-hybridized carbons (Fsp3) is 0.273. The molecule has 0 spiro atoms. The Bertz CT molecular complexity index is 1070. The van der Waals surface area contributed by atoms with Gasteiger partial charge in [0.05, 0.1) is 23.6 Å². The van der Waals surface area contributed by atoms with E-state index in [4.69, 9.17) is 5.73 Å². The molecule has 13 heteroatoms. The zero-order valence-corrected chi connectivity index (χ0v) is 18.7. The number of halogens is 6. The van der Waals surface area contributed by atoms with Crippen LogP contribution in [0.25, 0.3) is 0 Å². The van der Waals surface area contributed by atoms with Crippen molar-refractivity contribution in [2.24, 2.45) is 21.0 Å². The number of alkyl halides is 6. The molecule has 188 valence electrons. The van der Waals surface area contributed by atoms with Gasteiger partial charge in [0.15, 0.2) is 0 Å². The Hall–Kier alpha value is -3.90. The molecular weight excluding hydrogens is 478 g/mol. The van der Waals surface area contributed by atoms with Crippen LogP contribution in [-0.2, 0) is 12.4 Å². The van der Waals surface area contributed by atoms with E-state index in [2.05, 4.69) is 15.3 Å². The summed E-state index contributed by atoms with van der Waals surface area (Å²) in [5.74, 6) is -0.465. The smallest absolute Gasteiger partial charge is 0.366 e. The van der Waals surface area contributed by atoms with Gasteiger partial charge in [0.2, 0.25) is 5.96 Å². The topological polar surface area (TPSA) is 86.7 Å². The molecule has 0 aromatic heterocycles. The number of amides is 2. The Labute approximate surface area is 197 Å². The lowest BCUT2D eigenvalue weighted by molar-refractivity contribution is -0.138. The number of carbonyl (C=O) groups excluding carboxylic acids is 1. The summed E-state index contributed by atoms with van der Waals surface area (Å²) in [5, 5.41) is 12.0. The molecule has 2 aromatic rings. The zero-order chi connectivity index (χ0) is 26.2. The van der Waals surface area contributed by atoms with E-state index >= 15 is 0 Å². The number of guanidine groups is 1. The van der Waals surface area contributed by atoms with Crippen LogP contribution in [0.3, 0.4) is 0 Å². The van der Waals surface area contributed by atoms with E-state index < -0.39 is 35.5 Å². The summed E-state index contributed by atoms with van der Waals surface area (Å²) in [6.07, 6.45) is -6.71.